The predicted octanol–water partition coefficient (Wildman–Crippen LogP) is 14.1. The van der Waals surface area contributed by atoms with Crippen LogP contribution in [0.3, 0.4) is 0 Å². The van der Waals surface area contributed by atoms with Crippen molar-refractivity contribution in [3.8, 4) is 108 Å². The van der Waals surface area contributed by atoms with Gasteiger partial charge in [-0.25, -0.2) is 29.9 Å². The smallest absolute Gasteiger partial charge is 0.164 e. The Balaban J connectivity index is 1.21. The number of hydrogen-bond acceptors (Lipinski definition) is 7. The lowest BCUT2D eigenvalue weighted by molar-refractivity contribution is 1.07. The third kappa shape index (κ3) is 7.65. The third-order valence-corrected chi connectivity index (χ3v) is 11.7. The SMILES string of the molecule is N#Cc1ccc(-c2cc(-c3ccccc3-c3nc(-c4ccccc4)nc(-c4ccccc4)n3)c(-c3ccccc3-c3nc(-c4ccccc4)nc(-c4ccccc4)n3)c3ccccc23)cc1. The summed E-state index contributed by atoms with van der Waals surface area (Å²) in [7, 11) is 0. The molecule has 0 amide bonds. The Bertz CT molecular complexity index is 3460. The van der Waals surface area contributed by atoms with E-state index in [2.05, 4.69) is 72.8 Å². The molecule has 0 unspecified atom stereocenters. The van der Waals surface area contributed by atoms with E-state index in [0.29, 0.717) is 40.5 Å². The fourth-order valence-electron chi connectivity index (χ4n) is 8.51. The molecule has 0 N–H and O–H groups in total. The van der Waals surface area contributed by atoms with E-state index in [9.17, 15) is 5.26 Å². The summed E-state index contributed by atoms with van der Waals surface area (Å²) in [5.41, 5.74) is 11.7. The molecule has 0 atom stereocenters. The maximum Gasteiger partial charge on any atom is 0.164 e. The number of hydrogen-bond donors (Lipinski definition) is 0. The Morgan fingerprint density at radius 1 is 0.258 bits per heavy atom. The average Bonchev–Trinajstić information content (AvgIpc) is 3.41. The first-order valence-corrected chi connectivity index (χ1v) is 21.7. The highest BCUT2D eigenvalue weighted by Crippen LogP contribution is 2.47. The Hall–Kier alpha value is -9.25. The monoisotopic (exact) mass is 843 g/mol. The molecule has 0 aliphatic rings. The molecule has 2 heterocycles. The number of benzene rings is 9. The molecular formula is C59H37N7. The minimum absolute atomic E-state index is 0.545. The Labute approximate surface area is 382 Å². The Kier molecular flexibility index (Phi) is 10.5. The molecule has 9 aromatic carbocycles. The summed E-state index contributed by atoms with van der Waals surface area (Å²) in [4.78, 5) is 30.9. The number of aromatic nitrogens is 6. The van der Waals surface area contributed by atoms with Crippen LogP contribution in [-0.4, -0.2) is 29.9 Å². The van der Waals surface area contributed by atoms with E-state index in [1.165, 1.54) is 0 Å². The molecule has 0 fully saturated rings. The lowest BCUT2D eigenvalue weighted by Crippen LogP contribution is -2.02. The van der Waals surface area contributed by atoms with Gasteiger partial charge < -0.3 is 0 Å². The van der Waals surface area contributed by atoms with Crippen molar-refractivity contribution in [2.24, 2.45) is 0 Å². The van der Waals surface area contributed by atoms with Gasteiger partial charge in [-0.2, -0.15) is 5.26 Å². The van der Waals surface area contributed by atoms with Crippen LogP contribution < -0.4 is 0 Å². The van der Waals surface area contributed by atoms with Crippen LogP contribution in [-0.2, 0) is 0 Å². The van der Waals surface area contributed by atoms with E-state index < -0.39 is 0 Å². The van der Waals surface area contributed by atoms with Crippen LogP contribution in [0.2, 0.25) is 0 Å². The van der Waals surface area contributed by atoms with Crippen LogP contribution in [0.4, 0.5) is 0 Å². The standard InChI is InChI=1S/C59H37N7/c60-38-39-33-35-40(36-34-39)51-37-52(46-28-14-17-31-49(46)58-63-54(41-19-5-1-6-20-41)61-55(64-58)42-21-7-2-8-22-42)53(47-29-15-13-27-45(47)51)48-30-16-18-32-50(48)59-65-56(43-23-9-3-10-24-43)62-57(66-59)44-25-11-4-12-26-44/h1-37H. The molecule has 0 radical (unpaired) electrons. The van der Waals surface area contributed by atoms with E-state index in [1.54, 1.807) is 0 Å². The molecule has 0 saturated heterocycles. The van der Waals surface area contributed by atoms with E-state index in [-0.39, 0.29) is 0 Å². The lowest BCUT2D eigenvalue weighted by atomic mass is 9.83. The summed E-state index contributed by atoms with van der Waals surface area (Å²) in [6.07, 6.45) is 0. The quantitative estimate of drug-likeness (QED) is 0.143. The zero-order valence-corrected chi connectivity index (χ0v) is 35.5. The molecule has 7 nitrogen and oxygen atoms in total. The lowest BCUT2D eigenvalue weighted by Gasteiger charge is -2.21. The zero-order chi connectivity index (χ0) is 44.2. The molecule has 66 heavy (non-hydrogen) atoms. The van der Waals surface area contributed by atoms with Crippen molar-refractivity contribution >= 4 is 10.8 Å². The second-order valence-electron chi connectivity index (χ2n) is 15.7. The van der Waals surface area contributed by atoms with Crippen LogP contribution in [0, 0.1) is 11.3 Å². The number of rotatable bonds is 9. The molecule has 2 aromatic heterocycles. The van der Waals surface area contributed by atoms with E-state index in [4.69, 9.17) is 29.9 Å². The predicted molar refractivity (Wildman–Crippen MR) is 264 cm³/mol. The first-order valence-electron chi connectivity index (χ1n) is 21.7. The van der Waals surface area contributed by atoms with Crippen LogP contribution in [0.1, 0.15) is 5.56 Å². The summed E-state index contributed by atoms with van der Waals surface area (Å²) in [5.74, 6) is 3.42. The van der Waals surface area contributed by atoms with Crippen molar-refractivity contribution < 1.29 is 0 Å². The Morgan fingerprint density at radius 2 is 0.606 bits per heavy atom. The van der Waals surface area contributed by atoms with Gasteiger partial charge in [0.2, 0.25) is 0 Å². The topological polar surface area (TPSA) is 101 Å². The van der Waals surface area contributed by atoms with Crippen LogP contribution >= 0.6 is 0 Å². The van der Waals surface area contributed by atoms with E-state index in [0.717, 1.165) is 77.5 Å². The summed E-state index contributed by atoms with van der Waals surface area (Å²) in [6.45, 7) is 0. The van der Waals surface area contributed by atoms with Crippen molar-refractivity contribution in [2.75, 3.05) is 0 Å². The van der Waals surface area contributed by atoms with Gasteiger partial charge in [0, 0.05) is 33.4 Å². The average molecular weight is 844 g/mol. The van der Waals surface area contributed by atoms with Gasteiger partial charge in [-0.1, -0.05) is 206 Å². The van der Waals surface area contributed by atoms with Crippen LogP contribution in [0.25, 0.3) is 112 Å². The van der Waals surface area contributed by atoms with Crippen molar-refractivity contribution in [3.63, 3.8) is 0 Å². The molecule has 7 heteroatoms. The summed E-state index contributed by atoms with van der Waals surface area (Å²) < 4.78 is 0. The molecule has 0 bridgehead atoms. The van der Waals surface area contributed by atoms with Gasteiger partial charge in [0.15, 0.2) is 34.9 Å². The molecule has 0 aliphatic carbocycles. The van der Waals surface area contributed by atoms with E-state index >= 15 is 0 Å². The highest BCUT2D eigenvalue weighted by atomic mass is 15.0. The largest absolute Gasteiger partial charge is 0.208 e. The fraction of sp³-hybridized carbons (Fsp3) is 0. The second-order valence-corrected chi connectivity index (χ2v) is 15.7. The maximum absolute atomic E-state index is 9.75. The van der Waals surface area contributed by atoms with Gasteiger partial charge >= 0.3 is 0 Å². The molecule has 0 spiro atoms. The third-order valence-electron chi connectivity index (χ3n) is 11.7. The molecule has 11 aromatic rings. The summed E-state index contributed by atoms with van der Waals surface area (Å²) in [6, 6.07) is 77.7. The molecule has 0 aliphatic heterocycles. The molecule has 308 valence electrons. The Morgan fingerprint density at radius 3 is 1.05 bits per heavy atom. The van der Waals surface area contributed by atoms with Crippen molar-refractivity contribution in [1.29, 1.82) is 5.26 Å². The summed E-state index contributed by atoms with van der Waals surface area (Å²) in [5, 5.41) is 11.8. The van der Waals surface area contributed by atoms with Gasteiger partial charge in [-0.3, -0.25) is 0 Å². The first kappa shape index (κ1) is 39.6. The van der Waals surface area contributed by atoms with Gasteiger partial charge in [0.1, 0.15) is 0 Å². The molecular weight excluding hydrogens is 807 g/mol. The highest BCUT2D eigenvalue weighted by Gasteiger charge is 2.24. The number of nitrogens with zero attached hydrogens (tertiary/aromatic N) is 7. The van der Waals surface area contributed by atoms with Gasteiger partial charge in [0.05, 0.1) is 11.6 Å². The number of fused-ring (bicyclic) bond motifs is 1. The summed E-state index contributed by atoms with van der Waals surface area (Å²) >= 11 is 0. The minimum Gasteiger partial charge on any atom is -0.208 e. The zero-order valence-electron chi connectivity index (χ0n) is 35.5. The maximum atomic E-state index is 9.75. The van der Waals surface area contributed by atoms with Crippen molar-refractivity contribution in [2.45, 2.75) is 0 Å². The van der Waals surface area contributed by atoms with Gasteiger partial charge in [-0.05, 0) is 62.4 Å². The van der Waals surface area contributed by atoms with Gasteiger partial charge in [-0.15, -0.1) is 0 Å². The van der Waals surface area contributed by atoms with Crippen molar-refractivity contribution in [3.05, 3.63) is 230 Å². The highest BCUT2D eigenvalue weighted by molar-refractivity contribution is 6.13. The normalized spacial score (nSPS) is 11.0. The van der Waals surface area contributed by atoms with Crippen LogP contribution in [0.5, 0.6) is 0 Å². The second kappa shape index (κ2) is 17.5. The fourth-order valence-corrected chi connectivity index (χ4v) is 8.51. The number of nitriles is 1. The minimum atomic E-state index is 0.545. The van der Waals surface area contributed by atoms with Crippen molar-refractivity contribution in [1.82, 2.24) is 29.9 Å². The molecule has 11 rings (SSSR count). The van der Waals surface area contributed by atoms with E-state index in [1.807, 2.05) is 158 Å². The first-order chi connectivity index (χ1) is 32.7. The molecule has 0 saturated carbocycles. The van der Waals surface area contributed by atoms with Crippen LogP contribution in [0.15, 0.2) is 224 Å². The van der Waals surface area contributed by atoms with Gasteiger partial charge in [0.25, 0.3) is 0 Å².